The first kappa shape index (κ1) is 12.2. The van der Waals surface area contributed by atoms with Gasteiger partial charge in [0.25, 0.3) is 0 Å². The molecule has 1 fully saturated rings. The predicted molar refractivity (Wildman–Crippen MR) is 72.1 cm³/mol. The zero-order valence-corrected chi connectivity index (χ0v) is 12.4. The van der Waals surface area contributed by atoms with Crippen molar-refractivity contribution >= 4 is 50.5 Å². The van der Waals surface area contributed by atoms with Crippen molar-refractivity contribution in [3.05, 3.63) is 19.8 Å². The van der Waals surface area contributed by atoms with Gasteiger partial charge in [-0.1, -0.05) is 31.4 Å². The second-order valence-corrected chi connectivity index (χ2v) is 7.52. The van der Waals surface area contributed by atoms with Crippen molar-refractivity contribution in [3.63, 3.8) is 0 Å². The molecule has 2 rings (SSSR count). The number of thiophene rings is 1. The van der Waals surface area contributed by atoms with Crippen LogP contribution in [-0.2, 0) is 0 Å². The van der Waals surface area contributed by atoms with Crippen LogP contribution < -0.4 is 0 Å². The van der Waals surface area contributed by atoms with Crippen LogP contribution in [0.2, 0.25) is 5.02 Å². The molecule has 3 atom stereocenters. The Balaban J connectivity index is 2.16. The van der Waals surface area contributed by atoms with Crippen molar-refractivity contribution < 1.29 is 0 Å². The number of hydrogen-bond acceptors (Lipinski definition) is 1. The first-order chi connectivity index (χ1) is 7.09. The molecule has 15 heavy (non-hydrogen) atoms. The van der Waals surface area contributed by atoms with Gasteiger partial charge in [0.2, 0.25) is 0 Å². The van der Waals surface area contributed by atoms with E-state index >= 15 is 0 Å². The van der Waals surface area contributed by atoms with E-state index in [1.54, 1.807) is 11.3 Å². The van der Waals surface area contributed by atoms with Crippen molar-refractivity contribution in [2.24, 2.45) is 11.8 Å². The maximum atomic E-state index is 6.52. The Morgan fingerprint density at radius 3 is 2.73 bits per heavy atom. The maximum absolute atomic E-state index is 6.52. The van der Waals surface area contributed by atoms with Crippen LogP contribution in [0.1, 0.15) is 36.4 Å². The van der Waals surface area contributed by atoms with Gasteiger partial charge in [-0.2, -0.15) is 0 Å². The molecule has 0 nitrogen and oxygen atoms in total. The average molecular weight is 328 g/mol. The summed E-state index contributed by atoms with van der Waals surface area (Å²) in [7, 11) is 0. The summed E-state index contributed by atoms with van der Waals surface area (Å²) >= 11 is 17.6. The van der Waals surface area contributed by atoms with Crippen molar-refractivity contribution in [1.29, 1.82) is 0 Å². The standard InChI is InChI=1S/C11H13BrCl2S/c1-6-3-2-4-7(6)10(14)9-5-8(13)11(12)15-9/h5-7,10H,2-4H2,1H3. The van der Waals surface area contributed by atoms with Crippen LogP contribution in [0.4, 0.5) is 0 Å². The molecule has 0 N–H and O–H groups in total. The second kappa shape index (κ2) is 4.95. The third kappa shape index (κ3) is 2.54. The summed E-state index contributed by atoms with van der Waals surface area (Å²) < 4.78 is 0.996. The minimum atomic E-state index is 0.135. The highest BCUT2D eigenvalue weighted by molar-refractivity contribution is 9.11. The van der Waals surface area contributed by atoms with Crippen LogP contribution in [0.25, 0.3) is 0 Å². The fourth-order valence-corrected chi connectivity index (χ4v) is 4.69. The molecule has 0 amide bonds. The third-order valence-electron chi connectivity index (χ3n) is 3.24. The van der Waals surface area contributed by atoms with Gasteiger partial charge in [0.1, 0.15) is 0 Å². The normalized spacial score (nSPS) is 28.3. The minimum absolute atomic E-state index is 0.135. The Morgan fingerprint density at radius 2 is 2.27 bits per heavy atom. The first-order valence-electron chi connectivity index (χ1n) is 5.18. The van der Waals surface area contributed by atoms with Gasteiger partial charge in [-0.05, 0) is 40.3 Å². The summed E-state index contributed by atoms with van der Waals surface area (Å²) in [5.74, 6) is 1.36. The number of hydrogen-bond donors (Lipinski definition) is 0. The molecule has 1 heterocycles. The summed E-state index contributed by atoms with van der Waals surface area (Å²) in [6.07, 6.45) is 3.88. The van der Waals surface area contributed by atoms with E-state index in [-0.39, 0.29) is 5.38 Å². The Hall–Kier alpha value is 0.760. The van der Waals surface area contributed by atoms with E-state index in [0.29, 0.717) is 5.92 Å². The fraction of sp³-hybridized carbons (Fsp3) is 0.636. The van der Waals surface area contributed by atoms with Gasteiger partial charge in [0.05, 0.1) is 14.2 Å². The highest BCUT2D eigenvalue weighted by Gasteiger charge is 2.31. The molecule has 1 aromatic rings. The van der Waals surface area contributed by atoms with Crippen LogP contribution >= 0.6 is 50.5 Å². The first-order valence-corrected chi connectivity index (χ1v) is 7.60. The Morgan fingerprint density at radius 1 is 1.53 bits per heavy atom. The van der Waals surface area contributed by atoms with E-state index in [4.69, 9.17) is 23.2 Å². The summed E-state index contributed by atoms with van der Waals surface area (Å²) in [5.41, 5.74) is 0. The molecule has 3 unspecified atom stereocenters. The van der Waals surface area contributed by atoms with E-state index < -0.39 is 0 Å². The summed E-state index contributed by atoms with van der Waals surface area (Å²) in [6.45, 7) is 2.30. The van der Waals surface area contributed by atoms with Gasteiger partial charge in [0.15, 0.2) is 0 Å². The minimum Gasteiger partial charge on any atom is -0.130 e. The van der Waals surface area contributed by atoms with E-state index in [9.17, 15) is 0 Å². The fourth-order valence-electron chi connectivity index (χ4n) is 2.32. The molecule has 1 aromatic heterocycles. The molecule has 0 aliphatic heterocycles. The third-order valence-corrected chi connectivity index (χ3v) is 6.49. The molecule has 4 heteroatoms. The highest BCUT2D eigenvalue weighted by atomic mass is 79.9. The quantitative estimate of drug-likeness (QED) is 0.595. The molecule has 0 spiro atoms. The summed E-state index contributed by atoms with van der Waals surface area (Å²) in [4.78, 5) is 1.20. The lowest BCUT2D eigenvalue weighted by Crippen LogP contribution is -2.09. The molecule has 0 bridgehead atoms. The smallest absolute Gasteiger partial charge is 0.0887 e. The number of rotatable bonds is 2. The summed E-state index contributed by atoms with van der Waals surface area (Å²) in [6, 6.07) is 2.00. The zero-order valence-electron chi connectivity index (χ0n) is 8.47. The van der Waals surface area contributed by atoms with Crippen molar-refractivity contribution in [2.45, 2.75) is 31.6 Å². The van der Waals surface area contributed by atoms with E-state index in [1.807, 2.05) is 6.07 Å². The lowest BCUT2D eigenvalue weighted by atomic mass is 9.93. The van der Waals surface area contributed by atoms with Gasteiger partial charge < -0.3 is 0 Å². The molecular formula is C11H13BrCl2S. The molecule has 0 aromatic carbocycles. The maximum Gasteiger partial charge on any atom is 0.0887 e. The molecule has 1 aliphatic rings. The van der Waals surface area contributed by atoms with Gasteiger partial charge >= 0.3 is 0 Å². The Bertz CT molecular complexity index is 331. The van der Waals surface area contributed by atoms with Gasteiger partial charge in [-0.25, -0.2) is 0 Å². The largest absolute Gasteiger partial charge is 0.130 e. The topological polar surface area (TPSA) is 0 Å². The monoisotopic (exact) mass is 326 g/mol. The molecule has 84 valence electrons. The number of halogens is 3. The van der Waals surface area contributed by atoms with Crippen LogP contribution in [0, 0.1) is 11.8 Å². The molecule has 1 aliphatic carbocycles. The van der Waals surface area contributed by atoms with E-state index in [1.165, 1.54) is 24.1 Å². The van der Waals surface area contributed by atoms with Crippen molar-refractivity contribution in [3.8, 4) is 0 Å². The van der Waals surface area contributed by atoms with Gasteiger partial charge in [-0.3, -0.25) is 0 Å². The van der Waals surface area contributed by atoms with Gasteiger partial charge in [-0.15, -0.1) is 22.9 Å². The molecule has 1 saturated carbocycles. The van der Waals surface area contributed by atoms with Crippen LogP contribution in [0.15, 0.2) is 9.85 Å². The van der Waals surface area contributed by atoms with E-state index in [2.05, 4.69) is 22.9 Å². The zero-order chi connectivity index (χ0) is 11.0. The molecular weight excluding hydrogens is 315 g/mol. The number of alkyl halides is 1. The predicted octanol–water partition coefficient (Wildman–Crippen LogP) is 5.88. The van der Waals surface area contributed by atoms with Crippen LogP contribution in [0.5, 0.6) is 0 Å². The molecule has 0 saturated heterocycles. The Kier molecular flexibility index (Phi) is 4.03. The van der Waals surface area contributed by atoms with Crippen LogP contribution in [-0.4, -0.2) is 0 Å². The second-order valence-electron chi connectivity index (χ2n) is 4.24. The average Bonchev–Trinajstić information content (AvgIpc) is 2.74. The van der Waals surface area contributed by atoms with Crippen molar-refractivity contribution in [2.75, 3.05) is 0 Å². The van der Waals surface area contributed by atoms with Crippen molar-refractivity contribution in [1.82, 2.24) is 0 Å². The highest BCUT2D eigenvalue weighted by Crippen LogP contribution is 2.47. The summed E-state index contributed by atoms with van der Waals surface area (Å²) in [5, 5.41) is 0.919. The van der Waals surface area contributed by atoms with E-state index in [0.717, 1.165) is 14.7 Å². The lowest BCUT2D eigenvalue weighted by molar-refractivity contribution is 0.408. The van der Waals surface area contributed by atoms with Crippen LogP contribution in [0.3, 0.4) is 0 Å². The SMILES string of the molecule is CC1CCCC1C(Cl)c1cc(Cl)c(Br)s1. The lowest BCUT2D eigenvalue weighted by Gasteiger charge is -2.20. The molecule has 0 radical (unpaired) electrons. The Labute approximate surface area is 113 Å². The van der Waals surface area contributed by atoms with Gasteiger partial charge in [0, 0.05) is 4.88 Å².